The third kappa shape index (κ3) is 1.49. The molecule has 0 aromatic heterocycles. The molecule has 0 saturated carbocycles. The maximum atomic E-state index is 11.2. The van der Waals surface area contributed by atoms with Crippen molar-refractivity contribution in [1.82, 2.24) is 0 Å². The number of benzene rings is 1. The van der Waals surface area contributed by atoms with Crippen LogP contribution in [0.2, 0.25) is 0 Å². The molecule has 0 fully saturated rings. The second kappa shape index (κ2) is 2.67. The molecule has 0 N–H and O–H groups in total. The molecule has 0 bridgehead atoms. The van der Waals surface area contributed by atoms with Crippen LogP contribution in [-0.2, 0) is 21.3 Å². The highest BCUT2D eigenvalue weighted by molar-refractivity contribution is 7.90. The summed E-state index contributed by atoms with van der Waals surface area (Å²) >= 11 is 0. The first kappa shape index (κ1) is 8.44. The quantitative estimate of drug-likeness (QED) is 0.628. The van der Waals surface area contributed by atoms with E-state index < -0.39 is 9.84 Å². The van der Waals surface area contributed by atoms with Gasteiger partial charge in [-0.15, -0.1) is 0 Å². The molecule has 1 aromatic carbocycles. The van der Waals surface area contributed by atoms with E-state index in [-0.39, 0.29) is 11.5 Å². The molecule has 1 heterocycles. The summed E-state index contributed by atoms with van der Waals surface area (Å²) < 4.78 is 22.4. The van der Waals surface area contributed by atoms with Crippen LogP contribution >= 0.6 is 0 Å². The summed E-state index contributed by atoms with van der Waals surface area (Å²) in [5.41, 5.74) is 2.13. The zero-order valence-electron chi connectivity index (χ0n) is 6.86. The minimum atomic E-state index is -2.95. The fourth-order valence-electron chi connectivity index (χ4n) is 1.52. The van der Waals surface area contributed by atoms with Crippen LogP contribution in [0.3, 0.4) is 0 Å². The van der Waals surface area contributed by atoms with Crippen LogP contribution in [-0.4, -0.2) is 14.7 Å². The Morgan fingerprint density at radius 1 is 1.15 bits per heavy atom. The van der Waals surface area contributed by atoms with E-state index in [1.807, 2.05) is 0 Å². The van der Waals surface area contributed by atoms with E-state index in [9.17, 15) is 13.2 Å². The Hall–Kier alpha value is -1.16. The maximum absolute atomic E-state index is 11.2. The smallest absolute Gasteiger partial charge is 0.158 e. The van der Waals surface area contributed by atoms with Crippen LogP contribution in [0.25, 0.3) is 0 Å². The van der Waals surface area contributed by atoms with Crippen LogP contribution in [0.5, 0.6) is 0 Å². The van der Waals surface area contributed by atoms with Gasteiger partial charge in [0.15, 0.2) is 9.84 Å². The van der Waals surface area contributed by atoms with E-state index in [1.165, 1.54) is 0 Å². The van der Waals surface area contributed by atoms with E-state index in [0.717, 1.165) is 17.4 Å². The van der Waals surface area contributed by atoms with Crippen molar-refractivity contribution in [3.05, 3.63) is 34.9 Å². The lowest BCUT2D eigenvalue weighted by molar-refractivity contribution is 0.112. The number of fused-ring (bicyclic) bond motifs is 1. The largest absolute Gasteiger partial charge is 0.298 e. The monoisotopic (exact) mass is 196 g/mol. The van der Waals surface area contributed by atoms with Gasteiger partial charge in [0.1, 0.15) is 6.29 Å². The van der Waals surface area contributed by atoms with E-state index in [0.29, 0.717) is 5.56 Å². The third-order valence-corrected chi connectivity index (χ3v) is 3.62. The van der Waals surface area contributed by atoms with E-state index in [4.69, 9.17) is 0 Å². The first-order valence-electron chi connectivity index (χ1n) is 3.88. The predicted molar refractivity (Wildman–Crippen MR) is 48.2 cm³/mol. The molecule has 0 aliphatic carbocycles. The number of rotatable bonds is 1. The van der Waals surface area contributed by atoms with Crippen molar-refractivity contribution in [2.75, 3.05) is 0 Å². The SMILES string of the molecule is O=Cc1ccc2c(c1)CS(=O)(=O)C2. The molecule has 3 nitrogen and oxygen atoms in total. The number of hydrogen-bond acceptors (Lipinski definition) is 3. The number of carbonyl (C=O) groups excluding carboxylic acids is 1. The summed E-state index contributed by atoms with van der Waals surface area (Å²) in [6.07, 6.45) is 0.727. The second-order valence-electron chi connectivity index (χ2n) is 3.18. The van der Waals surface area contributed by atoms with E-state index in [1.54, 1.807) is 18.2 Å². The summed E-state index contributed by atoms with van der Waals surface area (Å²) in [6.45, 7) is 0. The summed E-state index contributed by atoms with van der Waals surface area (Å²) in [7, 11) is -2.95. The standard InChI is InChI=1S/C9H8O3S/c10-4-7-1-2-8-5-13(11,12)6-9(8)3-7/h1-4H,5-6H2. The normalized spacial score (nSPS) is 18.2. The lowest BCUT2D eigenvalue weighted by atomic mass is 10.1. The number of sulfone groups is 1. The summed E-state index contributed by atoms with van der Waals surface area (Å²) in [6, 6.07) is 5.00. The molecule has 0 saturated heterocycles. The van der Waals surface area contributed by atoms with Crippen LogP contribution in [0, 0.1) is 0 Å². The molecular formula is C9H8O3S. The van der Waals surface area contributed by atoms with Crippen LogP contribution in [0.1, 0.15) is 21.5 Å². The minimum absolute atomic E-state index is 0.0734. The Balaban J connectivity index is 2.53. The van der Waals surface area contributed by atoms with E-state index >= 15 is 0 Å². The van der Waals surface area contributed by atoms with Gasteiger partial charge in [0.2, 0.25) is 0 Å². The molecule has 4 heteroatoms. The highest BCUT2D eigenvalue weighted by Gasteiger charge is 2.24. The molecular weight excluding hydrogens is 188 g/mol. The second-order valence-corrected chi connectivity index (χ2v) is 5.24. The molecule has 1 aliphatic rings. The highest BCUT2D eigenvalue weighted by atomic mass is 32.2. The van der Waals surface area contributed by atoms with E-state index in [2.05, 4.69) is 0 Å². The average molecular weight is 196 g/mol. The van der Waals surface area contributed by atoms with Gasteiger partial charge in [-0.2, -0.15) is 0 Å². The molecule has 68 valence electrons. The summed E-state index contributed by atoms with van der Waals surface area (Å²) in [4.78, 5) is 10.4. The van der Waals surface area contributed by atoms with Crippen molar-refractivity contribution in [1.29, 1.82) is 0 Å². The Morgan fingerprint density at radius 2 is 1.85 bits per heavy atom. The first-order chi connectivity index (χ1) is 6.11. The van der Waals surface area contributed by atoms with Gasteiger partial charge in [0.05, 0.1) is 11.5 Å². The molecule has 1 aliphatic heterocycles. The zero-order valence-corrected chi connectivity index (χ0v) is 7.67. The zero-order chi connectivity index (χ0) is 9.47. The van der Waals surface area contributed by atoms with Crippen molar-refractivity contribution in [2.45, 2.75) is 11.5 Å². The van der Waals surface area contributed by atoms with Crippen molar-refractivity contribution in [2.24, 2.45) is 0 Å². The van der Waals surface area contributed by atoms with Crippen molar-refractivity contribution < 1.29 is 13.2 Å². The van der Waals surface area contributed by atoms with Gasteiger partial charge in [-0.05, 0) is 17.2 Å². The van der Waals surface area contributed by atoms with Gasteiger partial charge in [0, 0.05) is 5.56 Å². The average Bonchev–Trinajstić information content (AvgIpc) is 2.36. The molecule has 0 atom stereocenters. The molecule has 0 unspecified atom stereocenters. The maximum Gasteiger partial charge on any atom is 0.158 e. The minimum Gasteiger partial charge on any atom is -0.298 e. The van der Waals surface area contributed by atoms with Gasteiger partial charge in [-0.3, -0.25) is 4.79 Å². The molecule has 13 heavy (non-hydrogen) atoms. The Bertz CT molecular complexity index is 460. The molecule has 0 spiro atoms. The summed E-state index contributed by atoms with van der Waals surface area (Å²) in [5, 5.41) is 0. The van der Waals surface area contributed by atoms with Gasteiger partial charge in [0.25, 0.3) is 0 Å². The highest BCUT2D eigenvalue weighted by Crippen LogP contribution is 2.25. The first-order valence-corrected chi connectivity index (χ1v) is 5.70. The lowest BCUT2D eigenvalue weighted by Gasteiger charge is -1.95. The number of carbonyl (C=O) groups is 1. The van der Waals surface area contributed by atoms with Gasteiger partial charge in [-0.25, -0.2) is 8.42 Å². The molecule has 1 aromatic rings. The van der Waals surface area contributed by atoms with Gasteiger partial charge < -0.3 is 0 Å². The predicted octanol–water partition coefficient (Wildman–Crippen LogP) is 0.928. The van der Waals surface area contributed by atoms with Crippen molar-refractivity contribution in [3.8, 4) is 0 Å². The molecule has 2 rings (SSSR count). The van der Waals surface area contributed by atoms with Gasteiger partial charge in [-0.1, -0.05) is 12.1 Å². The topological polar surface area (TPSA) is 51.2 Å². The third-order valence-electron chi connectivity index (χ3n) is 2.12. The van der Waals surface area contributed by atoms with Gasteiger partial charge >= 0.3 is 0 Å². The van der Waals surface area contributed by atoms with Crippen LogP contribution < -0.4 is 0 Å². The Kier molecular flexibility index (Phi) is 1.73. The summed E-state index contributed by atoms with van der Waals surface area (Å²) in [5.74, 6) is 0.186. The number of hydrogen-bond donors (Lipinski definition) is 0. The fraction of sp³-hybridized carbons (Fsp3) is 0.222. The lowest BCUT2D eigenvalue weighted by Crippen LogP contribution is -1.95. The molecule has 0 amide bonds. The van der Waals surface area contributed by atoms with Crippen molar-refractivity contribution in [3.63, 3.8) is 0 Å². The number of aldehydes is 1. The van der Waals surface area contributed by atoms with Crippen LogP contribution in [0.4, 0.5) is 0 Å². The molecule has 0 radical (unpaired) electrons. The Labute approximate surface area is 76.3 Å². The Morgan fingerprint density at radius 3 is 2.54 bits per heavy atom. The van der Waals surface area contributed by atoms with Crippen molar-refractivity contribution >= 4 is 16.1 Å². The van der Waals surface area contributed by atoms with Crippen LogP contribution in [0.15, 0.2) is 18.2 Å². The fourth-order valence-corrected chi connectivity index (χ4v) is 3.12.